The maximum atomic E-state index is 13.3. The molecule has 0 saturated carbocycles. The number of halogens is 3. The van der Waals surface area contributed by atoms with Crippen LogP contribution in [-0.2, 0) is 11.3 Å². The van der Waals surface area contributed by atoms with Gasteiger partial charge in [0, 0.05) is 12.3 Å². The Morgan fingerprint density at radius 3 is 2.30 bits per heavy atom. The number of nitrogens with zero attached hydrogens (tertiary/aromatic N) is 2. The van der Waals surface area contributed by atoms with Crippen molar-refractivity contribution in [2.45, 2.75) is 12.7 Å². The van der Waals surface area contributed by atoms with E-state index in [1.807, 2.05) is 30.3 Å². The zero-order valence-electron chi connectivity index (χ0n) is 14.1. The molecule has 27 heavy (non-hydrogen) atoms. The van der Waals surface area contributed by atoms with E-state index >= 15 is 0 Å². The Labute approximate surface area is 153 Å². The Morgan fingerprint density at radius 2 is 1.67 bits per heavy atom. The second-order valence-corrected chi connectivity index (χ2v) is 5.82. The first-order valence-corrected chi connectivity index (χ1v) is 8.13. The monoisotopic (exact) mass is 371 g/mol. The average molecular weight is 371 g/mol. The molecule has 1 N–H and O–H groups in total. The van der Waals surface area contributed by atoms with Crippen LogP contribution in [0.5, 0.6) is 0 Å². The van der Waals surface area contributed by atoms with Crippen molar-refractivity contribution < 1.29 is 18.0 Å². The maximum Gasteiger partial charge on any atom is 0.417 e. The summed E-state index contributed by atoms with van der Waals surface area (Å²) in [5.74, 6) is -0.870. The van der Waals surface area contributed by atoms with E-state index in [9.17, 15) is 18.0 Å². The molecular formula is C20H16F3N3O. The van der Waals surface area contributed by atoms with Crippen LogP contribution in [0.3, 0.4) is 0 Å². The molecule has 0 aliphatic rings. The Morgan fingerprint density at radius 1 is 1.04 bits per heavy atom. The van der Waals surface area contributed by atoms with Gasteiger partial charge in [-0.25, -0.2) is 0 Å². The van der Waals surface area contributed by atoms with Crippen molar-refractivity contribution in [1.82, 2.24) is 9.78 Å². The number of carbonyl (C=O) groups excluding carboxylic acids is 1. The topological polar surface area (TPSA) is 46.9 Å². The summed E-state index contributed by atoms with van der Waals surface area (Å²) < 4.78 is 41.5. The molecule has 0 spiro atoms. The molecule has 0 radical (unpaired) electrons. The number of hydrogen-bond donors (Lipinski definition) is 1. The normalized spacial score (nSPS) is 12.0. The highest BCUT2D eigenvalue weighted by Gasteiger charge is 2.35. The van der Waals surface area contributed by atoms with Crippen molar-refractivity contribution in [1.29, 1.82) is 0 Å². The number of anilines is 1. The predicted molar refractivity (Wildman–Crippen MR) is 96.9 cm³/mol. The first-order chi connectivity index (χ1) is 12.9. The lowest BCUT2D eigenvalue weighted by Crippen LogP contribution is -2.15. The van der Waals surface area contributed by atoms with Gasteiger partial charge in [0.05, 0.1) is 24.0 Å². The van der Waals surface area contributed by atoms with Gasteiger partial charge in [0.2, 0.25) is 5.91 Å². The zero-order chi connectivity index (χ0) is 19.3. The number of aromatic nitrogens is 2. The third kappa shape index (κ3) is 5.07. The molecule has 0 aliphatic heterocycles. The maximum absolute atomic E-state index is 13.3. The summed E-state index contributed by atoms with van der Waals surface area (Å²) in [4.78, 5) is 12.1. The molecular weight excluding hydrogens is 355 g/mol. The van der Waals surface area contributed by atoms with Gasteiger partial charge in [0.1, 0.15) is 0 Å². The van der Waals surface area contributed by atoms with Crippen LogP contribution in [0, 0.1) is 0 Å². The molecule has 7 heteroatoms. The van der Waals surface area contributed by atoms with Crippen LogP contribution in [0.4, 0.5) is 18.9 Å². The highest BCUT2D eigenvalue weighted by atomic mass is 19.4. The number of rotatable bonds is 5. The van der Waals surface area contributed by atoms with E-state index in [-0.39, 0.29) is 5.56 Å². The van der Waals surface area contributed by atoms with Crippen LogP contribution in [-0.4, -0.2) is 21.9 Å². The minimum absolute atomic E-state index is 0.0695. The fourth-order valence-electron chi connectivity index (χ4n) is 2.54. The van der Waals surface area contributed by atoms with Crippen molar-refractivity contribution in [2.24, 2.45) is 0 Å². The summed E-state index contributed by atoms with van der Waals surface area (Å²) in [5.41, 5.74) is 0.265. The van der Waals surface area contributed by atoms with Crippen molar-refractivity contribution >= 4 is 17.2 Å². The molecule has 1 aromatic heterocycles. The number of allylic oxidation sites excluding steroid dienone is 1. The van der Waals surface area contributed by atoms with Crippen LogP contribution >= 0.6 is 0 Å². The van der Waals surface area contributed by atoms with Gasteiger partial charge in [-0.05, 0) is 11.1 Å². The smallest absolute Gasteiger partial charge is 0.320 e. The van der Waals surface area contributed by atoms with Crippen LogP contribution < -0.4 is 5.32 Å². The highest BCUT2D eigenvalue weighted by Crippen LogP contribution is 2.33. The first kappa shape index (κ1) is 18.4. The quantitative estimate of drug-likeness (QED) is 0.671. The van der Waals surface area contributed by atoms with Crippen LogP contribution in [0.2, 0.25) is 0 Å². The summed E-state index contributed by atoms with van der Waals surface area (Å²) in [6, 6.07) is 16.8. The lowest BCUT2D eigenvalue weighted by atomic mass is 10.1. The third-order valence-electron chi connectivity index (χ3n) is 3.75. The van der Waals surface area contributed by atoms with Crippen LogP contribution in [0.1, 0.15) is 11.1 Å². The molecule has 4 nitrogen and oxygen atoms in total. The average Bonchev–Trinajstić information content (AvgIpc) is 3.07. The van der Waals surface area contributed by atoms with Gasteiger partial charge in [0.25, 0.3) is 0 Å². The number of amides is 1. The van der Waals surface area contributed by atoms with E-state index in [0.29, 0.717) is 18.3 Å². The molecule has 0 bridgehead atoms. The second-order valence-electron chi connectivity index (χ2n) is 5.82. The number of nitrogens with one attached hydrogen (secondary N) is 1. The van der Waals surface area contributed by atoms with E-state index in [1.54, 1.807) is 16.9 Å². The van der Waals surface area contributed by atoms with Crippen LogP contribution in [0.15, 0.2) is 79.1 Å². The molecule has 0 saturated heterocycles. The number of hydrogen-bond acceptors (Lipinski definition) is 2. The summed E-state index contributed by atoms with van der Waals surface area (Å²) in [5, 5.41) is 6.53. The lowest BCUT2D eigenvalue weighted by molar-refractivity contribution is -0.112. The minimum Gasteiger partial charge on any atom is -0.320 e. The molecule has 3 aromatic rings. The summed E-state index contributed by atoms with van der Waals surface area (Å²) in [6.45, 7) is 0.490. The molecule has 1 heterocycles. The fourth-order valence-corrected chi connectivity index (χ4v) is 2.54. The predicted octanol–water partition coefficient (Wildman–Crippen LogP) is 4.52. The Hall–Kier alpha value is -3.35. The molecule has 138 valence electrons. The molecule has 0 atom stereocenters. The van der Waals surface area contributed by atoms with Crippen molar-refractivity contribution in [2.75, 3.05) is 5.32 Å². The Balaban J connectivity index is 1.73. The zero-order valence-corrected chi connectivity index (χ0v) is 14.1. The Bertz CT molecular complexity index is 932. The Kier molecular flexibility index (Phi) is 5.40. The van der Waals surface area contributed by atoms with Crippen LogP contribution in [0.25, 0.3) is 5.57 Å². The first-order valence-electron chi connectivity index (χ1n) is 8.13. The van der Waals surface area contributed by atoms with Gasteiger partial charge in [-0.1, -0.05) is 60.7 Å². The van der Waals surface area contributed by atoms with E-state index in [1.165, 1.54) is 30.5 Å². The molecule has 1 amide bonds. The van der Waals surface area contributed by atoms with Gasteiger partial charge in [-0.3, -0.25) is 9.48 Å². The van der Waals surface area contributed by atoms with E-state index < -0.39 is 17.7 Å². The fraction of sp³-hybridized carbons (Fsp3) is 0.100. The van der Waals surface area contributed by atoms with Crippen molar-refractivity contribution in [3.05, 3.63) is 90.3 Å². The SMILES string of the molecule is O=C(/C=C(/c1ccccc1)C(F)(F)F)Nc1cnn(Cc2ccccc2)c1. The largest absolute Gasteiger partial charge is 0.417 e. The van der Waals surface area contributed by atoms with Crippen molar-refractivity contribution in [3.63, 3.8) is 0 Å². The molecule has 0 fully saturated rings. The molecule has 0 aliphatic carbocycles. The van der Waals surface area contributed by atoms with Gasteiger partial charge in [0.15, 0.2) is 0 Å². The highest BCUT2D eigenvalue weighted by molar-refractivity contribution is 6.04. The lowest BCUT2D eigenvalue weighted by Gasteiger charge is -2.11. The van der Waals surface area contributed by atoms with Gasteiger partial charge in [-0.15, -0.1) is 0 Å². The number of carbonyl (C=O) groups is 1. The van der Waals surface area contributed by atoms with Crippen molar-refractivity contribution in [3.8, 4) is 0 Å². The summed E-state index contributed by atoms with van der Waals surface area (Å²) >= 11 is 0. The van der Waals surface area contributed by atoms with Gasteiger partial charge >= 0.3 is 6.18 Å². The number of alkyl halides is 3. The molecule has 2 aromatic carbocycles. The summed E-state index contributed by atoms with van der Waals surface area (Å²) in [6.07, 6.45) is -1.13. The van der Waals surface area contributed by atoms with Gasteiger partial charge in [-0.2, -0.15) is 18.3 Å². The standard InChI is InChI=1S/C20H16F3N3O/c21-20(22,23)18(16-9-5-2-6-10-16)11-19(27)25-17-12-24-26(14-17)13-15-7-3-1-4-8-15/h1-12,14H,13H2,(H,25,27)/b18-11-. The summed E-state index contributed by atoms with van der Waals surface area (Å²) in [7, 11) is 0. The minimum atomic E-state index is -4.64. The molecule has 3 rings (SSSR count). The number of benzene rings is 2. The van der Waals surface area contributed by atoms with E-state index in [4.69, 9.17) is 0 Å². The third-order valence-corrected chi connectivity index (χ3v) is 3.75. The van der Waals surface area contributed by atoms with E-state index in [0.717, 1.165) is 5.56 Å². The molecule has 0 unspecified atom stereocenters. The van der Waals surface area contributed by atoms with Gasteiger partial charge < -0.3 is 5.32 Å². The second kappa shape index (κ2) is 7.90. The van der Waals surface area contributed by atoms with E-state index in [2.05, 4.69) is 10.4 Å².